The highest BCUT2D eigenvalue weighted by atomic mass is 32.1. The molecular formula is C28H25N5O6S. The SMILES string of the molecule is COc1ccc(NC(=O)OC[C@H]2COc3c(cc(C)c4nc(-c5cc(C)cc6nc(OC)cnc56)sc34)O2)cn1. The topological polar surface area (TPSA) is 127 Å². The minimum absolute atomic E-state index is 0.0112. The lowest BCUT2D eigenvalue weighted by atomic mass is 10.1. The Morgan fingerprint density at radius 2 is 1.90 bits per heavy atom. The summed E-state index contributed by atoms with van der Waals surface area (Å²) in [6.45, 7) is 4.22. The van der Waals surface area contributed by atoms with E-state index in [4.69, 9.17) is 28.7 Å². The normalized spacial score (nSPS) is 14.2. The van der Waals surface area contributed by atoms with E-state index in [1.165, 1.54) is 24.6 Å². The van der Waals surface area contributed by atoms with Crippen LogP contribution in [0.25, 0.3) is 31.8 Å². The summed E-state index contributed by atoms with van der Waals surface area (Å²) in [4.78, 5) is 30.4. The minimum Gasteiger partial charge on any atom is -0.484 e. The van der Waals surface area contributed by atoms with Gasteiger partial charge in [0.05, 0.1) is 48.9 Å². The van der Waals surface area contributed by atoms with Crippen LogP contribution in [0.2, 0.25) is 0 Å². The number of aromatic nitrogens is 4. The van der Waals surface area contributed by atoms with Crippen molar-refractivity contribution in [1.29, 1.82) is 0 Å². The first-order valence-electron chi connectivity index (χ1n) is 12.4. The molecule has 2 aromatic carbocycles. The van der Waals surface area contributed by atoms with E-state index in [9.17, 15) is 4.79 Å². The van der Waals surface area contributed by atoms with Gasteiger partial charge in [-0.1, -0.05) is 0 Å². The molecule has 1 N–H and O–H groups in total. The Hall–Kier alpha value is -4.71. The molecule has 1 atom stereocenters. The number of anilines is 1. The lowest BCUT2D eigenvalue weighted by molar-refractivity contribution is 0.0383. The molecule has 11 nitrogen and oxygen atoms in total. The molecule has 0 bridgehead atoms. The van der Waals surface area contributed by atoms with E-state index in [0.717, 1.165) is 42.9 Å². The number of rotatable bonds is 6. The van der Waals surface area contributed by atoms with Crippen molar-refractivity contribution in [3.05, 3.63) is 53.9 Å². The maximum Gasteiger partial charge on any atom is 0.411 e. The second-order valence-electron chi connectivity index (χ2n) is 9.17. The molecule has 6 rings (SSSR count). The van der Waals surface area contributed by atoms with Gasteiger partial charge in [-0.3, -0.25) is 5.32 Å². The predicted molar refractivity (Wildman–Crippen MR) is 150 cm³/mol. The van der Waals surface area contributed by atoms with Crippen molar-refractivity contribution in [2.24, 2.45) is 0 Å². The van der Waals surface area contributed by atoms with E-state index >= 15 is 0 Å². The number of nitrogens with one attached hydrogen (secondary N) is 1. The summed E-state index contributed by atoms with van der Waals surface area (Å²) in [6, 6.07) is 9.24. The van der Waals surface area contributed by atoms with E-state index in [1.54, 1.807) is 25.4 Å². The number of hydrogen-bond acceptors (Lipinski definition) is 11. The highest BCUT2D eigenvalue weighted by Gasteiger charge is 2.27. The number of fused-ring (bicyclic) bond motifs is 4. The van der Waals surface area contributed by atoms with Crippen LogP contribution in [0.5, 0.6) is 23.3 Å². The molecule has 0 radical (unpaired) electrons. The van der Waals surface area contributed by atoms with Crippen LogP contribution < -0.4 is 24.3 Å². The van der Waals surface area contributed by atoms with Crippen molar-refractivity contribution in [2.45, 2.75) is 20.0 Å². The molecule has 12 heteroatoms. The van der Waals surface area contributed by atoms with Gasteiger partial charge in [0.1, 0.15) is 22.9 Å². The summed E-state index contributed by atoms with van der Waals surface area (Å²) >= 11 is 1.51. The van der Waals surface area contributed by atoms with Gasteiger partial charge in [-0.15, -0.1) is 11.3 Å². The van der Waals surface area contributed by atoms with Gasteiger partial charge in [-0.25, -0.2) is 24.7 Å². The Bertz CT molecular complexity index is 1740. The maximum absolute atomic E-state index is 12.3. The molecule has 0 fully saturated rings. The van der Waals surface area contributed by atoms with Gasteiger partial charge < -0.3 is 23.7 Å². The molecule has 1 amide bonds. The standard InChI is InChI=1S/C28H25N5O6S/c1-14-7-18(24-19(8-14)32-22(36-4)11-30-24)27-33-23-15(2)9-20-25(26(23)40-27)37-12-17(39-20)13-38-28(34)31-16-5-6-21(35-3)29-10-16/h5-11,17H,12-13H2,1-4H3,(H,31,34)/t17-/m1/s1. The van der Waals surface area contributed by atoms with E-state index in [-0.39, 0.29) is 13.2 Å². The molecule has 40 heavy (non-hydrogen) atoms. The third-order valence-corrected chi connectivity index (χ3v) is 7.37. The van der Waals surface area contributed by atoms with Crippen LogP contribution in [-0.4, -0.2) is 59.6 Å². The molecule has 0 saturated carbocycles. The number of benzene rings is 2. The summed E-state index contributed by atoms with van der Waals surface area (Å²) in [6.07, 6.45) is 2.00. The highest BCUT2D eigenvalue weighted by molar-refractivity contribution is 7.22. The highest BCUT2D eigenvalue weighted by Crippen LogP contribution is 2.46. The number of carbonyl (C=O) groups excluding carboxylic acids is 1. The van der Waals surface area contributed by atoms with Crippen molar-refractivity contribution in [3.8, 4) is 33.8 Å². The number of aryl methyl sites for hydroxylation is 2. The van der Waals surface area contributed by atoms with Gasteiger partial charge in [0.15, 0.2) is 17.6 Å². The molecular weight excluding hydrogens is 534 g/mol. The predicted octanol–water partition coefficient (Wildman–Crippen LogP) is 5.32. The lowest BCUT2D eigenvalue weighted by Crippen LogP contribution is -2.35. The van der Waals surface area contributed by atoms with Crippen LogP contribution in [0.4, 0.5) is 10.5 Å². The number of amides is 1. The number of ether oxygens (including phenoxy) is 5. The second-order valence-corrected chi connectivity index (χ2v) is 10.2. The Morgan fingerprint density at radius 1 is 1.05 bits per heavy atom. The zero-order valence-electron chi connectivity index (χ0n) is 22.2. The monoisotopic (exact) mass is 559 g/mol. The Kier molecular flexibility index (Phi) is 6.68. The molecule has 1 aliphatic rings. The summed E-state index contributed by atoms with van der Waals surface area (Å²) in [7, 11) is 3.09. The summed E-state index contributed by atoms with van der Waals surface area (Å²) < 4.78 is 28.8. The summed E-state index contributed by atoms with van der Waals surface area (Å²) in [5.74, 6) is 2.11. The Balaban J connectivity index is 1.22. The van der Waals surface area contributed by atoms with E-state index in [2.05, 4.69) is 26.3 Å². The number of nitrogens with zero attached hydrogens (tertiary/aromatic N) is 4. The van der Waals surface area contributed by atoms with Crippen LogP contribution in [-0.2, 0) is 4.74 Å². The zero-order valence-corrected chi connectivity index (χ0v) is 23.0. The first-order valence-corrected chi connectivity index (χ1v) is 13.2. The fraction of sp³-hybridized carbons (Fsp3) is 0.250. The maximum atomic E-state index is 12.3. The average Bonchev–Trinajstić information content (AvgIpc) is 3.42. The lowest BCUT2D eigenvalue weighted by Gasteiger charge is -2.26. The zero-order chi connectivity index (χ0) is 27.8. The van der Waals surface area contributed by atoms with Crippen molar-refractivity contribution in [3.63, 3.8) is 0 Å². The molecule has 0 saturated heterocycles. The van der Waals surface area contributed by atoms with Crippen LogP contribution in [0.1, 0.15) is 11.1 Å². The fourth-order valence-electron chi connectivity index (χ4n) is 4.40. The van der Waals surface area contributed by atoms with E-state index in [0.29, 0.717) is 28.9 Å². The minimum atomic E-state index is -0.619. The Labute approximate surface area is 233 Å². The van der Waals surface area contributed by atoms with Crippen LogP contribution in [0, 0.1) is 13.8 Å². The van der Waals surface area contributed by atoms with Gasteiger partial charge in [0.2, 0.25) is 11.8 Å². The Morgan fingerprint density at radius 3 is 2.67 bits per heavy atom. The first kappa shape index (κ1) is 25.6. The molecule has 4 heterocycles. The first-order chi connectivity index (χ1) is 19.4. The molecule has 1 aliphatic heterocycles. The number of methoxy groups -OCH3 is 2. The van der Waals surface area contributed by atoms with E-state index in [1.807, 2.05) is 26.0 Å². The third-order valence-electron chi connectivity index (χ3n) is 6.29. The van der Waals surface area contributed by atoms with Crippen molar-refractivity contribution < 1.29 is 28.5 Å². The molecule has 0 aliphatic carbocycles. The van der Waals surface area contributed by atoms with Crippen LogP contribution in [0.15, 0.2) is 42.7 Å². The smallest absolute Gasteiger partial charge is 0.411 e. The number of carbonyl (C=O) groups is 1. The number of hydrogen-bond donors (Lipinski definition) is 1. The van der Waals surface area contributed by atoms with Crippen molar-refractivity contribution >= 4 is 44.4 Å². The fourth-order valence-corrected chi connectivity index (χ4v) is 5.55. The van der Waals surface area contributed by atoms with Gasteiger partial charge in [-0.2, -0.15) is 0 Å². The van der Waals surface area contributed by atoms with Gasteiger partial charge in [0, 0.05) is 11.6 Å². The van der Waals surface area contributed by atoms with Crippen molar-refractivity contribution in [2.75, 3.05) is 32.8 Å². The second kappa shape index (κ2) is 10.5. The van der Waals surface area contributed by atoms with Gasteiger partial charge in [-0.05, 0) is 49.2 Å². The van der Waals surface area contributed by atoms with Crippen LogP contribution in [0.3, 0.4) is 0 Å². The molecule has 0 unspecified atom stereocenters. The molecule has 204 valence electrons. The summed E-state index contributed by atoms with van der Waals surface area (Å²) in [5.41, 5.74) is 5.68. The molecule has 0 spiro atoms. The number of thiazole rings is 1. The largest absolute Gasteiger partial charge is 0.484 e. The van der Waals surface area contributed by atoms with Gasteiger partial charge >= 0.3 is 6.09 Å². The summed E-state index contributed by atoms with van der Waals surface area (Å²) in [5, 5.41) is 3.43. The quantitative estimate of drug-likeness (QED) is 0.292. The van der Waals surface area contributed by atoms with Gasteiger partial charge in [0.25, 0.3) is 0 Å². The van der Waals surface area contributed by atoms with E-state index < -0.39 is 12.2 Å². The average molecular weight is 560 g/mol. The molecule has 5 aromatic rings. The third kappa shape index (κ3) is 4.89. The molecule has 3 aromatic heterocycles. The van der Waals surface area contributed by atoms with Crippen LogP contribution >= 0.6 is 11.3 Å². The van der Waals surface area contributed by atoms with Crippen molar-refractivity contribution in [1.82, 2.24) is 19.9 Å². The number of pyridine rings is 1.